The number of allylic oxidation sites excluding steroid dienone is 1. The number of benzene rings is 1. The van der Waals surface area contributed by atoms with Gasteiger partial charge in [0.05, 0.1) is 18.4 Å². The molecule has 0 unspecified atom stereocenters. The Hall–Kier alpha value is -2.89. The zero-order chi connectivity index (χ0) is 15.4. The van der Waals surface area contributed by atoms with Gasteiger partial charge in [0.25, 0.3) is 0 Å². The molecule has 3 aromatic rings. The molecule has 0 aliphatic rings. The van der Waals surface area contributed by atoms with Crippen molar-refractivity contribution in [2.45, 2.75) is 19.9 Å². The molecule has 0 saturated carbocycles. The van der Waals surface area contributed by atoms with Crippen LogP contribution in [0.15, 0.2) is 48.3 Å². The molecular weight excluding hydrogens is 276 g/mol. The number of nitrogens with zero attached hydrogens (tertiary/aromatic N) is 4. The summed E-state index contributed by atoms with van der Waals surface area (Å²) in [6.45, 7) is 2.80. The lowest BCUT2D eigenvalue weighted by Gasteiger charge is -2.01. The van der Waals surface area contributed by atoms with E-state index < -0.39 is 0 Å². The second-order valence-corrected chi connectivity index (χ2v) is 5.28. The van der Waals surface area contributed by atoms with Crippen LogP contribution >= 0.6 is 0 Å². The van der Waals surface area contributed by atoms with Crippen molar-refractivity contribution in [2.75, 3.05) is 5.73 Å². The van der Waals surface area contributed by atoms with Crippen molar-refractivity contribution in [1.82, 2.24) is 25.0 Å². The SMILES string of the molecule is C/C(=C\c1ccccc1)Cn1cc(Cc2cnc(N)[nH]2)nn1. The highest BCUT2D eigenvalue weighted by molar-refractivity contribution is 5.51. The van der Waals surface area contributed by atoms with Crippen LogP contribution in [0.1, 0.15) is 23.9 Å². The van der Waals surface area contributed by atoms with Gasteiger partial charge in [-0.1, -0.05) is 47.2 Å². The van der Waals surface area contributed by atoms with Gasteiger partial charge in [0.2, 0.25) is 0 Å². The molecule has 6 heteroatoms. The Morgan fingerprint density at radius 2 is 2.14 bits per heavy atom. The third-order valence-corrected chi connectivity index (χ3v) is 3.23. The van der Waals surface area contributed by atoms with Gasteiger partial charge in [0, 0.05) is 18.3 Å². The van der Waals surface area contributed by atoms with E-state index in [0.717, 1.165) is 11.4 Å². The van der Waals surface area contributed by atoms with Crippen LogP contribution in [0, 0.1) is 0 Å². The molecule has 22 heavy (non-hydrogen) atoms. The Balaban J connectivity index is 1.65. The summed E-state index contributed by atoms with van der Waals surface area (Å²) in [5.41, 5.74) is 9.78. The molecule has 2 aromatic heterocycles. The fraction of sp³-hybridized carbons (Fsp3) is 0.188. The van der Waals surface area contributed by atoms with E-state index in [9.17, 15) is 0 Å². The Bertz CT molecular complexity index is 769. The highest BCUT2D eigenvalue weighted by Gasteiger charge is 2.05. The summed E-state index contributed by atoms with van der Waals surface area (Å²) < 4.78 is 1.84. The first kappa shape index (κ1) is 14.1. The van der Waals surface area contributed by atoms with E-state index in [4.69, 9.17) is 5.73 Å². The predicted molar refractivity (Wildman–Crippen MR) is 85.9 cm³/mol. The third-order valence-electron chi connectivity index (χ3n) is 3.23. The maximum atomic E-state index is 5.56. The van der Waals surface area contributed by atoms with Gasteiger partial charge in [-0.05, 0) is 12.5 Å². The maximum Gasteiger partial charge on any atom is 0.197 e. The van der Waals surface area contributed by atoms with Gasteiger partial charge < -0.3 is 10.7 Å². The maximum absolute atomic E-state index is 5.56. The summed E-state index contributed by atoms with van der Waals surface area (Å²) in [5, 5.41) is 8.34. The number of imidazole rings is 1. The van der Waals surface area contributed by atoms with Crippen LogP contribution in [0.4, 0.5) is 5.95 Å². The number of nitrogen functional groups attached to an aromatic ring is 1. The van der Waals surface area contributed by atoms with Crippen LogP contribution in [-0.2, 0) is 13.0 Å². The minimum Gasteiger partial charge on any atom is -0.369 e. The van der Waals surface area contributed by atoms with Crippen molar-refractivity contribution < 1.29 is 0 Å². The number of anilines is 1. The fourth-order valence-corrected chi connectivity index (χ4v) is 2.29. The molecule has 112 valence electrons. The molecule has 0 aliphatic carbocycles. The molecule has 0 amide bonds. The van der Waals surface area contributed by atoms with Crippen molar-refractivity contribution in [1.29, 1.82) is 0 Å². The molecule has 0 spiro atoms. The molecule has 0 atom stereocenters. The average Bonchev–Trinajstić information content (AvgIpc) is 3.09. The van der Waals surface area contributed by atoms with Crippen LogP contribution in [0.25, 0.3) is 6.08 Å². The number of H-pyrrole nitrogens is 1. The molecule has 6 nitrogen and oxygen atoms in total. The van der Waals surface area contributed by atoms with Gasteiger partial charge in [0.1, 0.15) is 0 Å². The van der Waals surface area contributed by atoms with E-state index in [2.05, 4.69) is 45.4 Å². The summed E-state index contributed by atoms with van der Waals surface area (Å²) in [4.78, 5) is 6.96. The molecule has 1 aromatic carbocycles. The number of aromatic nitrogens is 5. The lowest BCUT2D eigenvalue weighted by molar-refractivity contribution is 0.643. The first-order valence-electron chi connectivity index (χ1n) is 7.09. The van der Waals surface area contributed by atoms with E-state index in [0.29, 0.717) is 18.9 Å². The van der Waals surface area contributed by atoms with E-state index >= 15 is 0 Å². The van der Waals surface area contributed by atoms with Crippen LogP contribution < -0.4 is 5.73 Å². The standard InChI is InChI=1S/C16H18N6/c1-12(7-13-5-3-2-4-6-13)10-22-11-15(20-21-22)8-14-9-18-16(17)19-14/h2-7,9,11H,8,10H2,1H3,(H3,17,18,19)/b12-7+. The lowest BCUT2D eigenvalue weighted by Crippen LogP contribution is -1.99. The topological polar surface area (TPSA) is 85.4 Å². The molecule has 2 heterocycles. The molecule has 3 N–H and O–H groups in total. The summed E-state index contributed by atoms with van der Waals surface area (Å²) in [5.74, 6) is 0.420. The first-order chi connectivity index (χ1) is 10.7. The number of nitrogens with two attached hydrogens (primary N) is 1. The second-order valence-electron chi connectivity index (χ2n) is 5.28. The van der Waals surface area contributed by atoms with Crippen LogP contribution in [0.5, 0.6) is 0 Å². The fourth-order valence-electron chi connectivity index (χ4n) is 2.29. The molecule has 0 bridgehead atoms. The summed E-state index contributed by atoms with van der Waals surface area (Å²) in [6.07, 6.45) is 6.46. The summed E-state index contributed by atoms with van der Waals surface area (Å²) in [7, 11) is 0. The number of aromatic amines is 1. The number of hydrogen-bond donors (Lipinski definition) is 2. The van der Waals surface area contributed by atoms with Crippen molar-refractivity contribution in [3.63, 3.8) is 0 Å². The van der Waals surface area contributed by atoms with Crippen LogP contribution in [0.3, 0.4) is 0 Å². The monoisotopic (exact) mass is 294 g/mol. The average molecular weight is 294 g/mol. The van der Waals surface area contributed by atoms with Crippen molar-refractivity contribution in [3.8, 4) is 0 Å². The van der Waals surface area contributed by atoms with Gasteiger partial charge in [-0.15, -0.1) is 5.10 Å². The Morgan fingerprint density at radius 3 is 2.86 bits per heavy atom. The number of rotatable bonds is 5. The Labute approximate surface area is 128 Å². The zero-order valence-corrected chi connectivity index (χ0v) is 12.4. The zero-order valence-electron chi connectivity index (χ0n) is 12.4. The molecule has 0 aliphatic heterocycles. The predicted octanol–water partition coefficient (Wildman–Crippen LogP) is 2.28. The van der Waals surface area contributed by atoms with Crippen LogP contribution in [0.2, 0.25) is 0 Å². The minimum atomic E-state index is 0.420. The van der Waals surface area contributed by atoms with Crippen molar-refractivity contribution >= 4 is 12.0 Å². The van der Waals surface area contributed by atoms with Gasteiger partial charge >= 0.3 is 0 Å². The normalized spacial score (nSPS) is 11.8. The van der Waals surface area contributed by atoms with E-state index in [1.54, 1.807) is 6.20 Å². The minimum absolute atomic E-state index is 0.420. The van der Waals surface area contributed by atoms with Gasteiger partial charge in [-0.2, -0.15) is 0 Å². The first-order valence-corrected chi connectivity index (χ1v) is 7.09. The smallest absolute Gasteiger partial charge is 0.197 e. The number of nitrogens with one attached hydrogen (secondary N) is 1. The van der Waals surface area contributed by atoms with Crippen molar-refractivity contribution in [2.24, 2.45) is 0 Å². The van der Waals surface area contributed by atoms with E-state index in [-0.39, 0.29) is 0 Å². The highest BCUT2D eigenvalue weighted by Crippen LogP contribution is 2.09. The number of hydrogen-bond acceptors (Lipinski definition) is 4. The molecule has 3 rings (SSSR count). The lowest BCUT2D eigenvalue weighted by atomic mass is 10.1. The molecule has 0 saturated heterocycles. The van der Waals surface area contributed by atoms with Gasteiger partial charge in [-0.3, -0.25) is 0 Å². The Morgan fingerprint density at radius 1 is 1.32 bits per heavy atom. The molecule has 0 fully saturated rings. The van der Waals surface area contributed by atoms with Gasteiger partial charge in [0.15, 0.2) is 5.95 Å². The highest BCUT2D eigenvalue weighted by atomic mass is 15.4. The molecule has 0 radical (unpaired) electrons. The summed E-state index contributed by atoms with van der Waals surface area (Å²) in [6, 6.07) is 10.2. The van der Waals surface area contributed by atoms with E-state index in [1.807, 2.05) is 29.1 Å². The summed E-state index contributed by atoms with van der Waals surface area (Å²) >= 11 is 0. The molecular formula is C16H18N6. The van der Waals surface area contributed by atoms with Crippen molar-refractivity contribution in [3.05, 3.63) is 65.2 Å². The van der Waals surface area contributed by atoms with Crippen LogP contribution in [-0.4, -0.2) is 25.0 Å². The Kier molecular flexibility index (Phi) is 4.00. The third kappa shape index (κ3) is 3.60. The van der Waals surface area contributed by atoms with Gasteiger partial charge in [-0.25, -0.2) is 9.67 Å². The largest absolute Gasteiger partial charge is 0.369 e. The quantitative estimate of drug-likeness (QED) is 0.756. The van der Waals surface area contributed by atoms with E-state index in [1.165, 1.54) is 11.1 Å². The second kappa shape index (κ2) is 6.26.